The first-order valence-electron chi connectivity index (χ1n) is 7.04. The number of hydrogen-bond acceptors (Lipinski definition) is 7. The lowest BCUT2D eigenvalue weighted by Crippen LogP contribution is -2.34. The monoisotopic (exact) mass is 327 g/mol. The van der Waals surface area contributed by atoms with Crippen molar-refractivity contribution in [1.29, 1.82) is 0 Å². The standard InChI is InChI=1S/C14H21N3O6/c1-14(2,3)23-13(20)16-8-6-10(18)11(19)9-5-4-7-15-12(9)17(21)22/h4-5,7,10-11,18-19H,6,8H2,1-3H3,(H,16,20). The third-order valence-corrected chi connectivity index (χ3v) is 2.78. The van der Waals surface area contributed by atoms with E-state index in [2.05, 4.69) is 10.3 Å². The summed E-state index contributed by atoms with van der Waals surface area (Å²) in [5.74, 6) is -0.515. The highest BCUT2D eigenvalue weighted by Gasteiger charge is 2.27. The van der Waals surface area contributed by atoms with Crippen molar-refractivity contribution in [3.63, 3.8) is 0 Å². The summed E-state index contributed by atoms with van der Waals surface area (Å²) in [6.45, 7) is 5.19. The van der Waals surface area contributed by atoms with E-state index in [0.29, 0.717) is 0 Å². The molecule has 0 radical (unpaired) electrons. The van der Waals surface area contributed by atoms with Crippen LogP contribution in [-0.4, -0.2) is 44.5 Å². The molecule has 0 saturated carbocycles. The maximum Gasteiger partial charge on any atom is 0.407 e. The number of aliphatic hydroxyl groups is 2. The molecule has 9 heteroatoms. The molecule has 0 spiro atoms. The molecule has 0 bridgehead atoms. The van der Waals surface area contributed by atoms with E-state index in [-0.39, 0.29) is 18.5 Å². The van der Waals surface area contributed by atoms with Crippen molar-refractivity contribution in [2.45, 2.75) is 45.0 Å². The van der Waals surface area contributed by atoms with Gasteiger partial charge in [0.25, 0.3) is 0 Å². The van der Waals surface area contributed by atoms with Gasteiger partial charge in [0.15, 0.2) is 0 Å². The Morgan fingerprint density at radius 2 is 2.13 bits per heavy atom. The highest BCUT2D eigenvalue weighted by molar-refractivity contribution is 5.67. The quantitative estimate of drug-likeness (QED) is 0.529. The van der Waals surface area contributed by atoms with Crippen molar-refractivity contribution in [3.05, 3.63) is 34.0 Å². The molecule has 128 valence electrons. The van der Waals surface area contributed by atoms with E-state index >= 15 is 0 Å². The van der Waals surface area contributed by atoms with E-state index in [1.807, 2.05) is 0 Å². The summed E-state index contributed by atoms with van der Waals surface area (Å²) in [5, 5.41) is 33.3. The fraction of sp³-hybridized carbons (Fsp3) is 0.571. The fourth-order valence-electron chi connectivity index (χ4n) is 1.79. The van der Waals surface area contributed by atoms with E-state index in [1.54, 1.807) is 20.8 Å². The van der Waals surface area contributed by atoms with Crippen LogP contribution in [0.4, 0.5) is 10.6 Å². The second kappa shape index (κ2) is 7.84. The molecule has 0 aliphatic carbocycles. The van der Waals surface area contributed by atoms with Crippen LogP contribution in [-0.2, 0) is 4.74 Å². The third kappa shape index (κ3) is 6.17. The minimum atomic E-state index is -1.48. The Kier molecular flexibility index (Phi) is 6.40. The first-order valence-corrected chi connectivity index (χ1v) is 7.04. The van der Waals surface area contributed by atoms with Gasteiger partial charge in [0.2, 0.25) is 0 Å². The van der Waals surface area contributed by atoms with Gasteiger partial charge in [-0.15, -0.1) is 0 Å². The van der Waals surface area contributed by atoms with Crippen molar-refractivity contribution in [2.24, 2.45) is 0 Å². The van der Waals surface area contributed by atoms with Gasteiger partial charge in [0.1, 0.15) is 17.9 Å². The van der Waals surface area contributed by atoms with Crippen LogP contribution in [0.2, 0.25) is 0 Å². The molecule has 0 aromatic carbocycles. The van der Waals surface area contributed by atoms with Crippen LogP contribution >= 0.6 is 0 Å². The Balaban J connectivity index is 2.57. The number of aromatic nitrogens is 1. The van der Waals surface area contributed by atoms with Gasteiger partial charge in [-0.3, -0.25) is 0 Å². The Bertz CT molecular complexity index is 558. The zero-order valence-electron chi connectivity index (χ0n) is 13.2. The first kappa shape index (κ1) is 18.8. The maximum absolute atomic E-state index is 11.4. The number of aliphatic hydroxyl groups excluding tert-OH is 2. The molecule has 0 aliphatic heterocycles. The predicted molar refractivity (Wildman–Crippen MR) is 80.7 cm³/mol. The average molecular weight is 327 g/mol. The van der Waals surface area contributed by atoms with Gasteiger partial charge in [-0.05, 0) is 49.2 Å². The number of amides is 1. The highest BCUT2D eigenvalue weighted by atomic mass is 16.6. The summed E-state index contributed by atoms with van der Waals surface area (Å²) >= 11 is 0. The van der Waals surface area contributed by atoms with Crippen molar-refractivity contribution < 1.29 is 24.7 Å². The lowest BCUT2D eigenvalue weighted by molar-refractivity contribution is -0.391. The smallest absolute Gasteiger partial charge is 0.407 e. The summed E-state index contributed by atoms with van der Waals surface area (Å²) in [4.78, 5) is 25.1. The molecule has 2 unspecified atom stereocenters. The number of nitrogens with zero attached hydrogens (tertiary/aromatic N) is 2. The molecule has 2 atom stereocenters. The minimum absolute atomic E-state index is 0.00748. The average Bonchev–Trinajstić information content (AvgIpc) is 2.44. The summed E-state index contributed by atoms with van der Waals surface area (Å²) in [7, 11) is 0. The second-order valence-electron chi connectivity index (χ2n) is 5.90. The van der Waals surface area contributed by atoms with E-state index in [1.165, 1.54) is 18.3 Å². The van der Waals surface area contributed by atoms with Crippen LogP contribution in [0.25, 0.3) is 0 Å². The Hall–Kier alpha value is -2.26. The van der Waals surface area contributed by atoms with Gasteiger partial charge >= 0.3 is 11.9 Å². The molecule has 0 saturated heterocycles. The number of rotatable bonds is 6. The number of hydrogen-bond donors (Lipinski definition) is 3. The third-order valence-electron chi connectivity index (χ3n) is 2.78. The van der Waals surface area contributed by atoms with Gasteiger partial charge in [-0.2, -0.15) is 0 Å². The molecular weight excluding hydrogens is 306 g/mol. The molecular formula is C14H21N3O6. The van der Waals surface area contributed by atoms with Crippen LogP contribution in [0, 0.1) is 10.1 Å². The largest absolute Gasteiger partial charge is 0.444 e. The molecule has 0 aliphatic rings. The molecule has 23 heavy (non-hydrogen) atoms. The zero-order valence-corrected chi connectivity index (χ0v) is 13.2. The van der Waals surface area contributed by atoms with Crippen LogP contribution in [0.5, 0.6) is 0 Å². The van der Waals surface area contributed by atoms with E-state index in [9.17, 15) is 25.1 Å². The molecule has 1 aromatic rings. The lowest BCUT2D eigenvalue weighted by atomic mass is 10.0. The van der Waals surface area contributed by atoms with Gasteiger partial charge in [-0.25, -0.2) is 4.79 Å². The molecule has 1 heterocycles. The highest BCUT2D eigenvalue weighted by Crippen LogP contribution is 2.25. The Labute approximate surface area is 133 Å². The number of nitrogens with one attached hydrogen (secondary N) is 1. The first-order chi connectivity index (χ1) is 10.6. The van der Waals surface area contributed by atoms with E-state index in [4.69, 9.17) is 4.74 Å². The van der Waals surface area contributed by atoms with Gasteiger partial charge in [0.05, 0.1) is 11.7 Å². The van der Waals surface area contributed by atoms with Crippen molar-refractivity contribution in [3.8, 4) is 0 Å². The van der Waals surface area contributed by atoms with Crippen LogP contribution < -0.4 is 5.32 Å². The second-order valence-corrected chi connectivity index (χ2v) is 5.90. The van der Waals surface area contributed by atoms with Gasteiger partial charge in [-0.1, -0.05) is 0 Å². The van der Waals surface area contributed by atoms with Crippen LogP contribution in [0.3, 0.4) is 0 Å². The molecule has 0 fully saturated rings. The van der Waals surface area contributed by atoms with E-state index < -0.39 is 34.6 Å². The lowest BCUT2D eigenvalue weighted by Gasteiger charge is -2.21. The molecule has 1 rings (SSSR count). The summed E-state index contributed by atoms with van der Waals surface area (Å²) in [5.41, 5.74) is -0.722. The Morgan fingerprint density at radius 1 is 1.48 bits per heavy atom. The number of ether oxygens (including phenoxy) is 1. The van der Waals surface area contributed by atoms with Crippen LogP contribution in [0.15, 0.2) is 18.3 Å². The normalized spacial score (nSPS) is 14.0. The van der Waals surface area contributed by atoms with Crippen molar-refractivity contribution >= 4 is 11.9 Å². The topological polar surface area (TPSA) is 135 Å². The minimum Gasteiger partial charge on any atom is -0.444 e. The number of alkyl carbamates (subject to hydrolysis) is 1. The SMILES string of the molecule is CC(C)(C)OC(=O)NCCC(O)C(O)c1cccnc1[N+](=O)[O-]. The Morgan fingerprint density at radius 3 is 2.70 bits per heavy atom. The number of pyridine rings is 1. The fourth-order valence-corrected chi connectivity index (χ4v) is 1.79. The summed E-state index contributed by atoms with van der Waals surface area (Å²) < 4.78 is 5.02. The van der Waals surface area contributed by atoms with Crippen molar-refractivity contribution in [2.75, 3.05) is 6.54 Å². The summed E-state index contributed by atoms with van der Waals surface area (Å²) in [6.07, 6.45) is -2.21. The number of nitro groups is 1. The maximum atomic E-state index is 11.4. The van der Waals surface area contributed by atoms with Crippen molar-refractivity contribution in [1.82, 2.24) is 10.3 Å². The zero-order chi connectivity index (χ0) is 17.6. The summed E-state index contributed by atoms with van der Waals surface area (Å²) in [6, 6.07) is 2.75. The predicted octanol–water partition coefficient (Wildman–Crippen LogP) is 1.30. The molecule has 1 amide bonds. The number of carbonyl (C=O) groups is 1. The van der Waals surface area contributed by atoms with Gasteiger partial charge < -0.3 is 30.4 Å². The molecule has 9 nitrogen and oxygen atoms in total. The number of carbonyl (C=O) groups excluding carboxylic acids is 1. The molecule has 1 aromatic heterocycles. The van der Waals surface area contributed by atoms with E-state index in [0.717, 1.165) is 0 Å². The van der Waals surface area contributed by atoms with Crippen LogP contribution in [0.1, 0.15) is 38.9 Å². The van der Waals surface area contributed by atoms with Gasteiger partial charge in [0, 0.05) is 6.54 Å². The molecule has 3 N–H and O–H groups in total.